The first-order valence-corrected chi connectivity index (χ1v) is 11.1. The monoisotopic (exact) mass is 500 g/mol. The van der Waals surface area contributed by atoms with Crippen LogP contribution in [0, 0.1) is 5.82 Å². The van der Waals surface area contributed by atoms with Crippen LogP contribution in [0.1, 0.15) is 10.4 Å². The third-order valence-corrected chi connectivity index (χ3v) is 6.65. The van der Waals surface area contributed by atoms with Crippen LogP contribution in [0.5, 0.6) is 0 Å². The Hall–Kier alpha value is -2.34. The molecule has 3 rings (SSSR count). The molecule has 2 aromatic rings. The summed E-state index contributed by atoms with van der Waals surface area (Å²) in [6, 6.07) is 9.60. The van der Waals surface area contributed by atoms with Crippen molar-refractivity contribution in [3.8, 4) is 0 Å². The first kappa shape index (κ1) is 22.3. The third kappa shape index (κ3) is 5.42. The lowest BCUT2D eigenvalue weighted by atomic mass is 10.2. The molecule has 30 heavy (non-hydrogen) atoms. The van der Waals surface area contributed by atoms with Crippen LogP contribution < -0.4 is 5.32 Å². The van der Waals surface area contributed by atoms with Crippen molar-refractivity contribution in [1.29, 1.82) is 0 Å². The fraction of sp³-hybridized carbons (Fsp3) is 0.263. The number of sulfonamides is 1. The van der Waals surface area contributed by atoms with Crippen molar-refractivity contribution >= 4 is 43.5 Å². The number of anilines is 1. The minimum Gasteiger partial charge on any atom is -0.452 e. The largest absolute Gasteiger partial charge is 0.452 e. The summed E-state index contributed by atoms with van der Waals surface area (Å²) in [5.74, 6) is -2.71. The molecule has 8 nitrogen and oxygen atoms in total. The lowest BCUT2D eigenvalue weighted by Crippen LogP contribution is -2.40. The minimum atomic E-state index is -3.91. The molecule has 1 aliphatic heterocycles. The summed E-state index contributed by atoms with van der Waals surface area (Å²) < 4.78 is 51.5. The van der Waals surface area contributed by atoms with E-state index < -0.39 is 39.9 Å². The van der Waals surface area contributed by atoms with E-state index in [1.807, 2.05) is 0 Å². The number of amides is 1. The first-order valence-electron chi connectivity index (χ1n) is 8.87. The molecule has 0 spiro atoms. The Morgan fingerprint density at radius 3 is 2.47 bits per heavy atom. The van der Waals surface area contributed by atoms with Crippen molar-refractivity contribution in [2.75, 3.05) is 38.2 Å². The SMILES string of the molecule is O=C(COC(=O)c1cc(S(=O)(=O)N2CCOCC2)ccc1F)Nc1ccc(Br)cc1. The smallest absolute Gasteiger partial charge is 0.341 e. The van der Waals surface area contributed by atoms with Crippen molar-refractivity contribution in [2.45, 2.75) is 4.90 Å². The highest BCUT2D eigenvalue weighted by molar-refractivity contribution is 9.10. The molecule has 0 unspecified atom stereocenters. The number of rotatable bonds is 6. The number of morpholine rings is 1. The highest BCUT2D eigenvalue weighted by Crippen LogP contribution is 2.21. The molecule has 0 bridgehead atoms. The van der Waals surface area contributed by atoms with Gasteiger partial charge in [-0.25, -0.2) is 17.6 Å². The van der Waals surface area contributed by atoms with E-state index >= 15 is 0 Å². The van der Waals surface area contributed by atoms with Gasteiger partial charge < -0.3 is 14.8 Å². The molecular weight excluding hydrogens is 483 g/mol. The highest BCUT2D eigenvalue weighted by atomic mass is 79.9. The second-order valence-electron chi connectivity index (χ2n) is 6.29. The number of hydrogen-bond donors (Lipinski definition) is 1. The zero-order valence-corrected chi connectivity index (χ0v) is 18.0. The third-order valence-electron chi connectivity index (χ3n) is 4.23. The molecular formula is C19H18BrFN2O6S. The fourth-order valence-corrected chi connectivity index (χ4v) is 4.40. The Labute approximate surface area is 181 Å². The van der Waals surface area contributed by atoms with E-state index in [9.17, 15) is 22.4 Å². The van der Waals surface area contributed by atoms with Crippen LogP contribution in [-0.4, -0.2) is 57.5 Å². The number of hydrogen-bond acceptors (Lipinski definition) is 6. The molecule has 1 amide bonds. The molecule has 0 radical (unpaired) electrons. The average Bonchev–Trinajstić information content (AvgIpc) is 2.74. The van der Waals surface area contributed by atoms with Gasteiger partial charge in [-0.1, -0.05) is 15.9 Å². The molecule has 0 atom stereocenters. The molecule has 11 heteroatoms. The topological polar surface area (TPSA) is 102 Å². The number of carbonyl (C=O) groups excluding carboxylic acids is 2. The van der Waals surface area contributed by atoms with Crippen LogP contribution in [0.2, 0.25) is 0 Å². The molecule has 160 valence electrons. The molecule has 1 fully saturated rings. The van der Waals surface area contributed by atoms with Crippen LogP contribution in [0.15, 0.2) is 51.8 Å². The van der Waals surface area contributed by atoms with Gasteiger partial charge in [0.2, 0.25) is 10.0 Å². The summed E-state index contributed by atoms with van der Waals surface area (Å²) >= 11 is 3.27. The molecule has 1 saturated heterocycles. The normalized spacial score (nSPS) is 14.9. The second kappa shape index (κ2) is 9.65. The maximum absolute atomic E-state index is 14.1. The van der Waals surface area contributed by atoms with Gasteiger partial charge in [-0.3, -0.25) is 4.79 Å². The quantitative estimate of drug-likeness (QED) is 0.611. The van der Waals surface area contributed by atoms with Gasteiger partial charge in [0.05, 0.1) is 23.7 Å². The molecule has 0 saturated carbocycles. The summed E-state index contributed by atoms with van der Waals surface area (Å²) in [6.45, 7) is 0.172. The van der Waals surface area contributed by atoms with Crippen LogP contribution >= 0.6 is 15.9 Å². The Kier molecular flexibility index (Phi) is 7.19. The number of halogens is 2. The van der Waals surface area contributed by atoms with Crippen LogP contribution in [-0.2, 0) is 24.3 Å². The standard InChI is InChI=1S/C19H18BrFN2O6S/c20-13-1-3-14(4-2-13)22-18(24)12-29-19(25)16-11-15(5-6-17(16)21)30(26,27)23-7-9-28-10-8-23/h1-6,11H,7-10,12H2,(H,22,24). The number of esters is 1. The summed E-state index contributed by atoms with van der Waals surface area (Å²) in [5.41, 5.74) is -0.0789. The van der Waals surface area contributed by atoms with E-state index in [-0.39, 0.29) is 31.2 Å². The van der Waals surface area contributed by atoms with Crippen LogP contribution in [0.3, 0.4) is 0 Å². The zero-order chi connectivity index (χ0) is 21.7. The number of ether oxygens (including phenoxy) is 2. The fourth-order valence-electron chi connectivity index (χ4n) is 2.70. The van der Waals surface area contributed by atoms with Crippen LogP contribution in [0.4, 0.5) is 10.1 Å². The van der Waals surface area contributed by atoms with E-state index in [0.29, 0.717) is 5.69 Å². The number of nitrogens with zero attached hydrogens (tertiary/aromatic N) is 1. The van der Waals surface area contributed by atoms with Gasteiger partial charge in [-0.2, -0.15) is 4.31 Å². The van der Waals surface area contributed by atoms with Crippen molar-refractivity contribution in [1.82, 2.24) is 4.31 Å². The number of benzene rings is 2. The maximum atomic E-state index is 14.1. The van der Waals surface area contributed by atoms with Gasteiger partial charge in [-0.15, -0.1) is 0 Å². The van der Waals surface area contributed by atoms with E-state index in [1.165, 1.54) is 4.31 Å². The van der Waals surface area contributed by atoms with Gasteiger partial charge in [0.15, 0.2) is 6.61 Å². The molecule has 0 aromatic heterocycles. The predicted molar refractivity (Wildman–Crippen MR) is 109 cm³/mol. The Balaban J connectivity index is 1.67. The first-order chi connectivity index (χ1) is 14.3. The summed E-state index contributed by atoms with van der Waals surface area (Å²) in [4.78, 5) is 23.9. The Morgan fingerprint density at radius 2 is 1.80 bits per heavy atom. The zero-order valence-electron chi connectivity index (χ0n) is 15.6. The van der Waals surface area contributed by atoms with E-state index in [1.54, 1.807) is 24.3 Å². The van der Waals surface area contributed by atoms with Gasteiger partial charge in [-0.05, 0) is 42.5 Å². The van der Waals surface area contributed by atoms with Gasteiger partial charge >= 0.3 is 5.97 Å². The highest BCUT2D eigenvalue weighted by Gasteiger charge is 2.28. The number of nitrogens with one attached hydrogen (secondary N) is 1. The lowest BCUT2D eigenvalue weighted by Gasteiger charge is -2.26. The maximum Gasteiger partial charge on any atom is 0.341 e. The van der Waals surface area contributed by atoms with Crippen LogP contribution in [0.25, 0.3) is 0 Å². The second-order valence-corrected chi connectivity index (χ2v) is 9.14. The van der Waals surface area contributed by atoms with Crippen molar-refractivity contribution in [3.63, 3.8) is 0 Å². The van der Waals surface area contributed by atoms with Gasteiger partial charge in [0, 0.05) is 23.2 Å². The molecule has 1 heterocycles. The average molecular weight is 501 g/mol. The van der Waals surface area contributed by atoms with E-state index in [0.717, 1.165) is 22.7 Å². The summed E-state index contributed by atoms with van der Waals surface area (Å²) in [5, 5.41) is 2.52. The summed E-state index contributed by atoms with van der Waals surface area (Å²) in [7, 11) is -3.91. The van der Waals surface area contributed by atoms with Crippen molar-refractivity contribution in [3.05, 3.63) is 58.3 Å². The Morgan fingerprint density at radius 1 is 1.13 bits per heavy atom. The van der Waals surface area contributed by atoms with Gasteiger partial charge in [0.1, 0.15) is 5.82 Å². The van der Waals surface area contributed by atoms with Crippen molar-refractivity contribution < 1.29 is 31.9 Å². The Bertz CT molecular complexity index is 1040. The molecule has 1 aliphatic rings. The predicted octanol–water partition coefficient (Wildman–Crippen LogP) is 2.40. The van der Waals surface area contributed by atoms with E-state index in [2.05, 4.69) is 21.2 Å². The van der Waals surface area contributed by atoms with Gasteiger partial charge in [0.25, 0.3) is 5.91 Å². The van der Waals surface area contributed by atoms with Crippen molar-refractivity contribution in [2.24, 2.45) is 0 Å². The number of carbonyl (C=O) groups is 2. The molecule has 0 aliphatic carbocycles. The molecule has 1 N–H and O–H groups in total. The van der Waals surface area contributed by atoms with E-state index in [4.69, 9.17) is 9.47 Å². The summed E-state index contributed by atoms with van der Waals surface area (Å²) in [6.07, 6.45) is 0. The molecule has 2 aromatic carbocycles. The minimum absolute atomic E-state index is 0.162. The lowest BCUT2D eigenvalue weighted by molar-refractivity contribution is -0.119.